The highest BCUT2D eigenvalue weighted by molar-refractivity contribution is 5.68. The van der Waals surface area contributed by atoms with Gasteiger partial charge >= 0.3 is 6.09 Å². The largest absolute Gasteiger partial charge is 0.439 e. The minimum absolute atomic E-state index is 0.0202. The molecule has 0 aromatic heterocycles. The second-order valence-corrected chi connectivity index (χ2v) is 3.57. The Morgan fingerprint density at radius 3 is 2.79 bits per heavy atom. The molecule has 0 spiro atoms. The lowest BCUT2D eigenvalue weighted by Gasteiger charge is -2.39. The molecule has 0 aromatic rings. The van der Waals surface area contributed by atoms with Crippen LogP contribution in [-0.2, 0) is 9.57 Å². The number of carbonyl (C=O) groups is 1. The molecule has 14 heavy (non-hydrogen) atoms. The Kier molecular flexibility index (Phi) is 2.29. The number of amides is 1. The minimum Gasteiger partial charge on any atom is -0.414 e. The van der Waals surface area contributed by atoms with E-state index in [4.69, 9.17) is 9.57 Å². The van der Waals surface area contributed by atoms with Crippen molar-refractivity contribution in [3.8, 4) is 0 Å². The number of ether oxygens (including phenoxy) is 1. The third-order valence-electron chi connectivity index (χ3n) is 2.29. The van der Waals surface area contributed by atoms with Crippen LogP contribution in [0.3, 0.4) is 0 Å². The number of allylic oxidation sites excluding steroid dienone is 1. The van der Waals surface area contributed by atoms with Gasteiger partial charge in [0.15, 0.2) is 0 Å². The maximum Gasteiger partial charge on any atom is 0.439 e. The Labute approximate surface area is 82.7 Å². The van der Waals surface area contributed by atoms with Crippen molar-refractivity contribution < 1.29 is 14.4 Å². The number of carbonyl (C=O) groups excluding carboxylic acids is 1. The van der Waals surface area contributed by atoms with E-state index in [0.29, 0.717) is 5.76 Å². The normalized spacial score (nSPS) is 29.1. The second kappa shape index (κ2) is 3.46. The molecule has 2 heterocycles. The number of hydrogen-bond acceptors (Lipinski definition) is 3. The number of fused-ring (bicyclic) bond motifs is 2. The summed E-state index contributed by atoms with van der Waals surface area (Å²) in [5, 5.41) is 1.29. The molecule has 0 saturated carbocycles. The van der Waals surface area contributed by atoms with Gasteiger partial charge in [-0.05, 0) is 19.8 Å². The number of nitrogens with zero attached hydrogens (tertiary/aromatic N) is 1. The van der Waals surface area contributed by atoms with Crippen molar-refractivity contribution in [3.05, 3.63) is 24.5 Å². The molecule has 0 aromatic carbocycles. The van der Waals surface area contributed by atoms with Gasteiger partial charge in [0, 0.05) is 0 Å². The monoisotopic (exact) mass is 195 g/mol. The lowest BCUT2D eigenvalue weighted by molar-refractivity contribution is -0.206. The Morgan fingerprint density at radius 1 is 1.57 bits per heavy atom. The summed E-state index contributed by atoms with van der Waals surface area (Å²) in [7, 11) is 0. The Bertz CT molecular complexity index is 298. The molecule has 1 fully saturated rings. The van der Waals surface area contributed by atoms with Crippen LogP contribution in [0.15, 0.2) is 24.5 Å². The predicted octanol–water partition coefficient (Wildman–Crippen LogP) is 1.99. The van der Waals surface area contributed by atoms with Crippen LogP contribution >= 0.6 is 0 Å². The van der Waals surface area contributed by atoms with Crippen LogP contribution in [0.5, 0.6) is 0 Å². The minimum atomic E-state index is -0.475. The molecule has 4 nitrogen and oxygen atoms in total. The molecule has 0 radical (unpaired) electrons. The first kappa shape index (κ1) is 9.27. The van der Waals surface area contributed by atoms with Crippen molar-refractivity contribution in [3.63, 3.8) is 0 Å². The summed E-state index contributed by atoms with van der Waals surface area (Å²) in [6.07, 6.45) is 5.43. The van der Waals surface area contributed by atoms with Crippen molar-refractivity contribution in [2.75, 3.05) is 0 Å². The molecule has 3 rings (SSSR count). The lowest BCUT2D eigenvalue weighted by atomic mass is 9.99. The molecule has 2 atom stereocenters. The lowest BCUT2D eigenvalue weighted by Crippen LogP contribution is -2.48. The van der Waals surface area contributed by atoms with Gasteiger partial charge in [-0.1, -0.05) is 18.7 Å². The fourth-order valence-corrected chi connectivity index (χ4v) is 1.66. The third kappa shape index (κ3) is 1.65. The van der Waals surface area contributed by atoms with Crippen LogP contribution in [0.2, 0.25) is 0 Å². The van der Waals surface area contributed by atoms with E-state index in [1.54, 1.807) is 6.92 Å². The van der Waals surface area contributed by atoms with Gasteiger partial charge in [0.05, 0.1) is 11.8 Å². The molecular weight excluding hydrogens is 182 g/mol. The van der Waals surface area contributed by atoms with E-state index in [1.807, 2.05) is 12.2 Å². The van der Waals surface area contributed by atoms with Crippen LogP contribution in [0.4, 0.5) is 4.79 Å². The molecule has 1 saturated heterocycles. The first-order valence-electron chi connectivity index (χ1n) is 4.68. The first-order valence-corrected chi connectivity index (χ1v) is 4.68. The summed E-state index contributed by atoms with van der Waals surface area (Å²) >= 11 is 0. The molecule has 2 bridgehead atoms. The van der Waals surface area contributed by atoms with E-state index in [9.17, 15) is 4.79 Å². The van der Waals surface area contributed by atoms with Crippen LogP contribution < -0.4 is 0 Å². The quantitative estimate of drug-likeness (QED) is 0.474. The summed E-state index contributed by atoms with van der Waals surface area (Å²) in [6, 6.07) is 0.0202. The summed E-state index contributed by atoms with van der Waals surface area (Å²) in [5.41, 5.74) is 0. The molecule has 0 N–H and O–H groups in total. The van der Waals surface area contributed by atoms with Crippen LogP contribution in [-0.4, -0.2) is 23.3 Å². The van der Waals surface area contributed by atoms with E-state index in [0.717, 1.165) is 12.8 Å². The van der Waals surface area contributed by atoms with Gasteiger partial charge in [-0.25, -0.2) is 4.79 Å². The average Bonchev–Trinajstić information content (AvgIpc) is 2.18. The highest BCUT2D eigenvalue weighted by atomic mass is 16.7. The summed E-state index contributed by atoms with van der Waals surface area (Å²) in [5.74, 6) is 0.379. The van der Waals surface area contributed by atoms with Crippen molar-refractivity contribution >= 4 is 6.09 Å². The Morgan fingerprint density at radius 2 is 2.36 bits per heavy atom. The molecule has 76 valence electrons. The van der Waals surface area contributed by atoms with Gasteiger partial charge in [0.1, 0.15) is 6.10 Å². The van der Waals surface area contributed by atoms with Gasteiger partial charge in [-0.15, -0.1) is 0 Å². The topological polar surface area (TPSA) is 38.8 Å². The number of hydrogen-bond donors (Lipinski definition) is 0. The number of rotatable bonds is 1. The Balaban J connectivity index is 2.02. The third-order valence-corrected chi connectivity index (χ3v) is 2.29. The Hall–Kier alpha value is -1.29. The zero-order chi connectivity index (χ0) is 10.1. The van der Waals surface area contributed by atoms with Crippen molar-refractivity contribution in [2.24, 2.45) is 0 Å². The first-order chi connectivity index (χ1) is 6.66. The molecule has 1 amide bonds. The van der Waals surface area contributed by atoms with Gasteiger partial charge in [-0.2, -0.15) is 5.06 Å². The summed E-state index contributed by atoms with van der Waals surface area (Å²) < 4.78 is 4.88. The zero-order valence-electron chi connectivity index (χ0n) is 8.10. The van der Waals surface area contributed by atoms with Gasteiger partial charge in [0.25, 0.3) is 0 Å². The fraction of sp³-hybridized carbons (Fsp3) is 0.500. The predicted molar refractivity (Wildman–Crippen MR) is 50.2 cm³/mol. The molecule has 1 aliphatic carbocycles. The molecule has 3 aliphatic rings. The van der Waals surface area contributed by atoms with Gasteiger partial charge < -0.3 is 4.74 Å². The molecule has 2 aliphatic heterocycles. The number of hydroxylamine groups is 2. The maximum absolute atomic E-state index is 11.5. The van der Waals surface area contributed by atoms with Crippen molar-refractivity contribution in [1.82, 2.24) is 5.06 Å². The van der Waals surface area contributed by atoms with E-state index >= 15 is 0 Å². The summed E-state index contributed by atoms with van der Waals surface area (Å²) in [6.45, 7) is 5.14. The zero-order valence-corrected chi connectivity index (χ0v) is 8.10. The fourth-order valence-electron chi connectivity index (χ4n) is 1.66. The highest BCUT2D eigenvalue weighted by Crippen LogP contribution is 2.28. The smallest absolute Gasteiger partial charge is 0.414 e. The van der Waals surface area contributed by atoms with Crippen LogP contribution in [0.25, 0.3) is 0 Å². The second-order valence-electron chi connectivity index (χ2n) is 3.57. The van der Waals surface area contributed by atoms with Crippen molar-refractivity contribution in [2.45, 2.75) is 31.9 Å². The molecule has 4 heteroatoms. The van der Waals surface area contributed by atoms with E-state index in [-0.39, 0.29) is 12.1 Å². The average molecular weight is 195 g/mol. The van der Waals surface area contributed by atoms with Crippen LogP contribution in [0.1, 0.15) is 19.8 Å². The molecule has 2 unspecified atom stereocenters. The SMILES string of the molecule is C=C(C)OC(=O)N1OC2C=CC1CC2. The van der Waals surface area contributed by atoms with Gasteiger partial charge in [-0.3, -0.25) is 4.84 Å². The highest BCUT2D eigenvalue weighted by Gasteiger charge is 2.35. The standard InChI is InChI=1S/C10H13NO3/c1-7(2)13-10(12)11-8-3-5-9(14-11)6-4-8/h3,5,8-9H,1,4,6H2,2H3. The maximum atomic E-state index is 11.5. The van der Waals surface area contributed by atoms with E-state index in [1.165, 1.54) is 5.06 Å². The van der Waals surface area contributed by atoms with Crippen molar-refractivity contribution in [1.29, 1.82) is 0 Å². The summed E-state index contributed by atoms with van der Waals surface area (Å²) in [4.78, 5) is 16.9. The molecular formula is C10H13NO3. The van der Waals surface area contributed by atoms with E-state index in [2.05, 4.69) is 6.58 Å². The van der Waals surface area contributed by atoms with E-state index < -0.39 is 6.09 Å². The van der Waals surface area contributed by atoms with Crippen LogP contribution in [0, 0.1) is 0 Å². The van der Waals surface area contributed by atoms with Gasteiger partial charge in [0.2, 0.25) is 0 Å².